The third kappa shape index (κ3) is 1.89. The van der Waals surface area contributed by atoms with Crippen LogP contribution in [0.4, 0.5) is 8.68 Å². The molecule has 1 aromatic rings. The van der Waals surface area contributed by atoms with E-state index < -0.39 is 23.5 Å². The van der Waals surface area contributed by atoms with Crippen LogP contribution >= 0.6 is 0 Å². The molecule has 0 atom stereocenters. The predicted molar refractivity (Wildman–Crippen MR) is 35.2 cm³/mol. The topological polar surface area (TPSA) is 0 Å². The number of halogens is 3. The number of benzene rings is 1. The molecule has 0 spiro atoms. The van der Waals surface area contributed by atoms with Crippen LogP contribution in [-0.2, 0) is 0 Å². The van der Waals surface area contributed by atoms with Crippen LogP contribution < -0.4 is 3.61 Å². The monoisotopic (exact) mass is 264 g/mol. The first-order valence-electron chi connectivity index (χ1n) is 2.58. The first kappa shape index (κ1) is 7.90. The fourth-order valence-corrected chi connectivity index (χ4v) is 1.90. The molecule has 0 amide bonds. The summed E-state index contributed by atoms with van der Waals surface area (Å²) in [5.41, 5.74) is 0. The van der Waals surface area contributed by atoms with Crippen LogP contribution in [0.25, 0.3) is 0 Å². The van der Waals surface area contributed by atoms with Gasteiger partial charge >= 0.3 is 62.5 Å². The zero-order chi connectivity index (χ0) is 7.61. The standard InChI is InChI=1S/C6H5F3Te/c7-10(8,9)6-4-2-1-3-5-6/h1-5H. The van der Waals surface area contributed by atoms with Crippen molar-refractivity contribution in [2.75, 3.05) is 0 Å². The zero-order valence-corrected chi connectivity index (χ0v) is 7.26. The van der Waals surface area contributed by atoms with Crippen molar-refractivity contribution >= 4 is 23.5 Å². The van der Waals surface area contributed by atoms with Crippen LogP contribution in [0.2, 0.25) is 0 Å². The van der Waals surface area contributed by atoms with E-state index in [2.05, 4.69) is 0 Å². The molecule has 0 fully saturated rings. The average molecular weight is 262 g/mol. The van der Waals surface area contributed by atoms with Crippen molar-refractivity contribution in [3.05, 3.63) is 30.3 Å². The quantitative estimate of drug-likeness (QED) is 0.676. The van der Waals surface area contributed by atoms with Crippen LogP contribution in [0.1, 0.15) is 0 Å². The van der Waals surface area contributed by atoms with Gasteiger partial charge in [-0.1, -0.05) is 0 Å². The summed E-state index contributed by atoms with van der Waals surface area (Å²) in [7, 11) is 0. The molecule has 0 radical (unpaired) electrons. The summed E-state index contributed by atoms with van der Waals surface area (Å²) < 4.78 is 35.5. The second-order valence-corrected chi connectivity index (χ2v) is 5.38. The Kier molecular flexibility index (Phi) is 2.22. The molecule has 0 heterocycles. The normalized spacial score (nSPS) is 13.1. The van der Waals surface area contributed by atoms with Crippen LogP contribution in [0.15, 0.2) is 30.3 Å². The molecule has 0 bridgehead atoms. The molecule has 0 N–H and O–H groups in total. The van der Waals surface area contributed by atoms with E-state index in [0.717, 1.165) is 12.1 Å². The molecule has 0 saturated carbocycles. The Bertz CT molecular complexity index is 204. The summed E-state index contributed by atoms with van der Waals surface area (Å²) in [5, 5.41) is 0. The Labute approximate surface area is 62.8 Å². The first-order valence-corrected chi connectivity index (χ1v) is 6.39. The van der Waals surface area contributed by atoms with Gasteiger partial charge in [0.1, 0.15) is 0 Å². The van der Waals surface area contributed by atoms with Crippen molar-refractivity contribution in [2.24, 2.45) is 0 Å². The van der Waals surface area contributed by atoms with Crippen molar-refractivity contribution in [3.8, 4) is 0 Å². The number of rotatable bonds is 1. The minimum atomic E-state index is -6.02. The van der Waals surface area contributed by atoms with Crippen LogP contribution in [-0.4, -0.2) is 19.9 Å². The van der Waals surface area contributed by atoms with Crippen molar-refractivity contribution in [1.82, 2.24) is 0 Å². The van der Waals surface area contributed by atoms with Crippen LogP contribution in [0.5, 0.6) is 0 Å². The fourth-order valence-electron chi connectivity index (χ4n) is 0.575. The molecular weight excluding hydrogens is 257 g/mol. The summed E-state index contributed by atoms with van der Waals surface area (Å²) in [6, 6.07) is 6.66. The van der Waals surface area contributed by atoms with Crippen molar-refractivity contribution in [1.29, 1.82) is 0 Å². The minimum absolute atomic E-state index is 0.412. The van der Waals surface area contributed by atoms with E-state index in [1.165, 1.54) is 12.1 Å². The van der Waals surface area contributed by atoms with E-state index in [4.69, 9.17) is 0 Å². The molecule has 1 rings (SSSR count). The molecule has 0 aliphatic heterocycles. The van der Waals surface area contributed by atoms with Gasteiger partial charge in [0.15, 0.2) is 0 Å². The second-order valence-electron chi connectivity index (χ2n) is 1.72. The molecule has 1 aromatic carbocycles. The van der Waals surface area contributed by atoms with Crippen molar-refractivity contribution in [3.63, 3.8) is 0 Å². The van der Waals surface area contributed by atoms with Gasteiger partial charge in [0.25, 0.3) is 0 Å². The van der Waals surface area contributed by atoms with Crippen LogP contribution in [0, 0.1) is 0 Å². The van der Waals surface area contributed by atoms with Gasteiger partial charge in [0.2, 0.25) is 0 Å². The fraction of sp³-hybridized carbons (Fsp3) is 0. The first-order chi connectivity index (χ1) is 4.61. The summed E-state index contributed by atoms with van der Waals surface area (Å²) in [4.78, 5) is 0. The predicted octanol–water partition coefficient (Wildman–Crippen LogP) is 1.74. The molecule has 0 saturated heterocycles. The molecule has 10 heavy (non-hydrogen) atoms. The van der Waals surface area contributed by atoms with Gasteiger partial charge in [-0.25, -0.2) is 0 Å². The maximum absolute atomic E-state index is 12.0. The third-order valence-electron chi connectivity index (χ3n) is 1.01. The Hall–Kier alpha value is -0.200. The Morgan fingerprint density at radius 3 is 1.70 bits per heavy atom. The van der Waals surface area contributed by atoms with E-state index >= 15 is 0 Å². The molecule has 0 unspecified atom stereocenters. The van der Waals surface area contributed by atoms with Crippen LogP contribution in [0.3, 0.4) is 0 Å². The Balaban J connectivity index is 2.97. The van der Waals surface area contributed by atoms with Crippen molar-refractivity contribution in [2.45, 2.75) is 0 Å². The number of hydrogen-bond acceptors (Lipinski definition) is 0. The van der Waals surface area contributed by atoms with E-state index in [-0.39, 0.29) is 0 Å². The van der Waals surface area contributed by atoms with Gasteiger partial charge in [-0.2, -0.15) is 0 Å². The summed E-state index contributed by atoms with van der Waals surface area (Å²) in [5.74, 6) is 0. The Morgan fingerprint density at radius 1 is 0.900 bits per heavy atom. The molecule has 0 aliphatic rings. The molecule has 4 heteroatoms. The summed E-state index contributed by atoms with van der Waals surface area (Å²) in [6.45, 7) is 0. The molecule has 0 aromatic heterocycles. The molecular formula is C6H5F3Te. The second kappa shape index (κ2) is 2.81. The van der Waals surface area contributed by atoms with Gasteiger partial charge in [0, 0.05) is 0 Å². The maximum atomic E-state index is 12.0. The third-order valence-corrected chi connectivity index (χ3v) is 3.31. The van der Waals surface area contributed by atoms with Gasteiger partial charge in [-0.05, 0) is 0 Å². The molecule has 0 aliphatic carbocycles. The van der Waals surface area contributed by atoms with Gasteiger partial charge < -0.3 is 0 Å². The number of hydrogen-bond donors (Lipinski definition) is 0. The summed E-state index contributed by atoms with van der Waals surface area (Å²) in [6.07, 6.45) is 0. The average Bonchev–Trinajstić information content (AvgIpc) is 1.88. The van der Waals surface area contributed by atoms with Crippen molar-refractivity contribution < 1.29 is 8.68 Å². The zero-order valence-electron chi connectivity index (χ0n) is 4.93. The molecule has 56 valence electrons. The summed E-state index contributed by atoms with van der Waals surface area (Å²) >= 11 is -6.02. The van der Waals surface area contributed by atoms with E-state index in [0.29, 0.717) is 0 Å². The molecule has 0 nitrogen and oxygen atoms in total. The SMILES string of the molecule is F[Te](F)(F)c1ccccc1. The Morgan fingerprint density at radius 2 is 1.40 bits per heavy atom. The van der Waals surface area contributed by atoms with E-state index in [1.54, 1.807) is 6.07 Å². The van der Waals surface area contributed by atoms with Gasteiger partial charge in [0.05, 0.1) is 0 Å². The van der Waals surface area contributed by atoms with Gasteiger partial charge in [-0.3, -0.25) is 0 Å². The van der Waals surface area contributed by atoms with Gasteiger partial charge in [-0.15, -0.1) is 0 Å². The van der Waals surface area contributed by atoms with E-state index in [1.807, 2.05) is 0 Å². The van der Waals surface area contributed by atoms with E-state index in [9.17, 15) is 8.68 Å².